The number of fused-ring (bicyclic) bond motifs is 2. The fourth-order valence-corrected chi connectivity index (χ4v) is 10.6. The van der Waals surface area contributed by atoms with E-state index in [1.807, 2.05) is 12.1 Å². The van der Waals surface area contributed by atoms with Crippen LogP contribution in [0.4, 0.5) is 5.82 Å². The first-order chi connectivity index (χ1) is 28.4. The van der Waals surface area contributed by atoms with Gasteiger partial charge in [-0.15, -0.1) is 10.2 Å². The molecule has 4 atom stereocenters. The van der Waals surface area contributed by atoms with Crippen molar-refractivity contribution < 1.29 is 4.74 Å². The standard InChI is InChI=1S/C52H89ClN4O/c1-45-29-28-40-57(44-47-32-34-49(58-3)35-33-47)39-26-24-22-20-18-16-14-12-10-8-6-4-5-7-9-11-13-15-17-19-21-23-25-30-46-31-27-38-52(2,42-46)43-48(41-45)54-51-37-36-50(53)55-56-51/h32-37,45-46,48H,4-31,38-44H2,1-3H3,(H,54,56)/t45?,46?,48-,52+/m1/s1. The number of ether oxygens (including phenoxy) is 1. The number of anilines is 1. The summed E-state index contributed by atoms with van der Waals surface area (Å²) in [6, 6.07) is 13.0. The Morgan fingerprint density at radius 1 is 0.621 bits per heavy atom. The molecular formula is C52H89ClN4O. The Labute approximate surface area is 363 Å². The molecule has 1 aromatic heterocycles. The Bertz CT molecular complexity index is 1270. The largest absolute Gasteiger partial charge is 0.497 e. The van der Waals surface area contributed by atoms with Crippen molar-refractivity contribution in [2.24, 2.45) is 17.3 Å². The minimum absolute atomic E-state index is 0.380. The molecule has 4 rings (SSSR count). The lowest BCUT2D eigenvalue weighted by molar-refractivity contribution is 0.128. The Hall–Kier alpha value is -1.85. The lowest BCUT2D eigenvalue weighted by Crippen LogP contribution is -2.34. The molecule has 0 radical (unpaired) electrons. The summed E-state index contributed by atoms with van der Waals surface area (Å²) >= 11 is 6.15. The van der Waals surface area contributed by atoms with E-state index in [2.05, 4.69) is 58.5 Å². The molecule has 2 aliphatic rings. The van der Waals surface area contributed by atoms with E-state index in [9.17, 15) is 0 Å². The average molecular weight is 822 g/mol. The molecule has 1 saturated heterocycles. The predicted molar refractivity (Wildman–Crippen MR) is 251 cm³/mol. The van der Waals surface area contributed by atoms with Crippen LogP contribution < -0.4 is 10.1 Å². The van der Waals surface area contributed by atoms with Gasteiger partial charge in [-0.3, -0.25) is 4.90 Å². The molecule has 2 heterocycles. The number of hydrogen-bond donors (Lipinski definition) is 1. The van der Waals surface area contributed by atoms with Crippen LogP contribution in [0.2, 0.25) is 5.15 Å². The van der Waals surface area contributed by atoms with Crippen LogP contribution in [0.15, 0.2) is 36.4 Å². The molecule has 0 amide bonds. The van der Waals surface area contributed by atoms with Crippen LogP contribution >= 0.6 is 11.6 Å². The second-order valence-electron chi connectivity index (χ2n) is 19.6. The number of methoxy groups -OCH3 is 1. The number of benzene rings is 1. The van der Waals surface area contributed by atoms with E-state index in [0.717, 1.165) is 30.6 Å². The second kappa shape index (κ2) is 30.2. The third kappa shape index (κ3) is 22.1. The molecule has 330 valence electrons. The maximum Gasteiger partial charge on any atom is 0.151 e. The van der Waals surface area contributed by atoms with Gasteiger partial charge < -0.3 is 10.1 Å². The van der Waals surface area contributed by atoms with Crippen LogP contribution in [-0.2, 0) is 6.54 Å². The maximum atomic E-state index is 6.15. The molecule has 0 spiro atoms. The van der Waals surface area contributed by atoms with Gasteiger partial charge in [0.2, 0.25) is 0 Å². The first-order valence-corrected chi connectivity index (χ1v) is 25.4. The van der Waals surface area contributed by atoms with Crippen molar-refractivity contribution >= 4 is 17.4 Å². The molecule has 1 aliphatic carbocycles. The van der Waals surface area contributed by atoms with Gasteiger partial charge in [-0.25, -0.2) is 0 Å². The third-order valence-corrected chi connectivity index (χ3v) is 14.1. The summed E-state index contributed by atoms with van der Waals surface area (Å²) in [6.07, 6.45) is 44.9. The zero-order valence-corrected chi connectivity index (χ0v) is 38.8. The number of nitrogens with zero attached hydrogens (tertiary/aromatic N) is 3. The van der Waals surface area contributed by atoms with Gasteiger partial charge in [-0.2, -0.15) is 0 Å². The van der Waals surface area contributed by atoms with E-state index < -0.39 is 0 Å². The predicted octanol–water partition coefficient (Wildman–Crippen LogP) is 16.2. The van der Waals surface area contributed by atoms with Crippen LogP contribution in [0.25, 0.3) is 0 Å². The first kappa shape index (κ1) is 48.8. The fraction of sp³-hybridized carbons (Fsp3) is 0.808. The molecule has 5 nitrogen and oxygen atoms in total. The summed E-state index contributed by atoms with van der Waals surface area (Å²) in [5, 5.41) is 13.0. The Balaban J connectivity index is 1.32. The molecule has 2 aromatic rings. The van der Waals surface area contributed by atoms with Gasteiger partial charge in [-0.1, -0.05) is 198 Å². The van der Waals surface area contributed by atoms with Gasteiger partial charge in [0.15, 0.2) is 5.15 Å². The monoisotopic (exact) mass is 821 g/mol. The maximum absolute atomic E-state index is 6.15. The van der Waals surface area contributed by atoms with Crippen molar-refractivity contribution in [1.29, 1.82) is 0 Å². The van der Waals surface area contributed by atoms with Crippen LogP contribution in [-0.4, -0.2) is 41.3 Å². The molecule has 58 heavy (non-hydrogen) atoms. The molecule has 1 aliphatic heterocycles. The quantitative estimate of drug-likeness (QED) is 0.326. The number of hydrogen-bond acceptors (Lipinski definition) is 5. The highest BCUT2D eigenvalue weighted by Crippen LogP contribution is 2.45. The second-order valence-corrected chi connectivity index (χ2v) is 20.0. The normalized spacial score (nSPS) is 26.9. The number of aromatic nitrogens is 2. The average Bonchev–Trinajstić information content (AvgIpc) is 3.21. The first-order valence-electron chi connectivity index (χ1n) is 25.0. The van der Waals surface area contributed by atoms with E-state index in [1.165, 1.54) is 218 Å². The minimum atomic E-state index is 0.380. The van der Waals surface area contributed by atoms with Crippen LogP contribution in [0.5, 0.6) is 5.75 Å². The zero-order chi connectivity index (χ0) is 40.9. The SMILES string of the molecule is COc1ccc(CN2CCCCCCCCCCCCCCCCCCCCCCCCCC3CCC[C@@](C)(C3)C[C@H](Nc3ccc(Cl)nn3)CC(C)CCC2)cc1. The van der Waals surface area contributed by atoms with Crippen molar-refractivity contribution in [2.45, 2.75) is 232 Å². The molecule has 1 N–H and O–H groups in total. The van der Waals surface area contributed by atoms with Gasteiger partial charge in [0.05, 0.1) is 7.11 Å². The van der Waals surface area contributed by atoms with Gasteiger partial charge in [0, 0.05) is 12.6 Å². The van der Waals surface area contributed by atoms with E-state index in [-0.39, 0.29) is 0 Å². The van der Waals surface area contributed by atoms with Gasteiger partial charge >= 0.3 is 0 Å². The molecule has 1 saturated carbocycles. The van der Waals surface area contributed by atoms with Crippen LogP contribution in [0.3, 0.4) is 0 Å². The van der Waals surface area contributed by atoms with Gasteiger partial charge in [0.25, 0.3) is 0 Å². The number of nitrogens with one attached hydrogen (secondary N) is 1. The highest BCUT2D eigenvalue weighted by atomic mass is 35.5. The highest BCUT2D eigenvalue weighted by Gasteiger charge is 2.34. The minimum Gasteiger partial charge on any atom is -0.497 e. The van der Waals surface area contributed by atoms with Crippen molar-refractivity contribution in [2.75, 3.05) is 25.5 Å². The Kier molecular flexibility index (Phi) is 25.4. The summed E-state index contributed by atoms with van der Waals surface area (Å²) in [7, 11) is 1.76. The van der Waals surface area contributed by atoms with E-state index in [4.69, 9.17) is 16.3 Å². The molecule has 2 fully saturated rings. The number of rotatable bonds is 5. The van der Waals surface area contributed by atoms with Gasteiger partial charge in [-0.05, 0) is 105 Å². The third-order valence-electron chi connectivity index (χ3n) is 13.9. The summed E-state index contributed by atoms with van der Waals surface area (Å²) in [5.41, 5.74) is 1.77. The summed E-state index contributed by atoms with van der Waals surface area (Å²) < 4.78 is 5.46. The van der Waals surface area contributed by atoms with Crippen molar-refractivity contribution in [3.8, 4) is 5.75 Å². The van der Waals surface area contributed by atoms with Gasteiger partial charge in [0.1, 0.15) is 11.6 Å². The van der Waals surface area contributed by atoms with E-state index in [0.29, 0.717) is 22.5 Å². The molecule has 2 unspecified atom stereocenters. The fourth-order valence-electron chi connectivity index (χ4n) is 10.5. The van der Waals surface area contributed by atoms with Crippen molar-refractivity contribution in [3.63, 3.8) is 0 Å². The number of halogens is 1. The molecule has 1 aromatic carbocycles. The summed E-state index contributed by atoms with van der Waals surface area (Å²) in [4.78, 5) is 2.73. The zero-order valence-electron chi connectivity index (χ0n) is 38.1. The Morgan fingerprint density at radius 3 is 1.67 bits per heavy atom. The molecule has 2 bridgehead atoms. The van der Waals surface area contributed by atoms with Crippen molar-refractivity contribution in [1.82, 2.24) is 15.1 Å². The van der Waals surface area contributed by atoms with Crippen LogP contribution in [0.1, 0.15) is 225 Å². The smallest absolute Gasteiger partial charge is 0.151 e. The summed E-state index contributed by atoms with van der Waals surface area (Å²) in [5.74, 6) is 3.33. The van der Waals surface area contributed by atoms with E-state index in [1.54, 1.807) is 7.11 Å². The van der Waals surface area contributed by atoms with Crippen LogP contribution in [0, 0.1) is 17.3 Å². The lowest BCUT2D eigenvalue weighted by atomic mass is 9.66. The topological polar surface area (TPSA) is 50.3 Å². The molecular weight excluding hydrogens is 732 g/mol. The molecule has 6 heteroatoms. The lowest BCUT2D eigenvalue weighted by Gasteiger charge is -2.41. The van der Waals surface area contributed by atoms with E-state index >= 15 is 0 Å². The highest BCUT2D eigenvalue weighted by molar-refractivity contribution is 6.29. The summed E-state index contributed by atoms with van der Waals surface area (Å²) in [6.45, 7) is 8.47. The Morgan fingerprint density at radius 2 is 1.14 bits per heavy atom. The van der Waals surface area contributed by atoms with Crippen molar-refractivity contribution in [3.05, 3.63) is 47.1 Å².